The van der Waals surface area contributed by atoms with Gasteiger partial charge in [0.05, 0.1) is 0 Å². The Morgan fingerprint density at radius 3 is 2.22 bits per heavy atom. The minimum absolute atomic E-state index is 0.0212. The first-order valence-corrected chi connectivity index (χ1v) is 6.65. The molecule has 120 valence electrons. The van der Waals surface area contributed by atoms with E-state index < -0.39 is 17.7 Å². The average Bonchev–Trinajstić information content (AvgIpc) is 2.53. The number of aliphatic hydroxyl groups is 1. The van der Waals surface area contributed by atoms with Crippen molar-refractivity contribution < 1.29 is 27.8 Å². The molecule has 1 N–H and O–H groups in total. The molecule has 0 aliphatic rings. The second kappa shape index (κ2) is 7.00. The first kappa shape index (κ1) is 16.6. The number of halogens is 3. The Labute approximate surface area is 130 Å². The number of benzene rings is 2. The van der Waals surface area contributed by atoms with Crippen LogP contribution < -0.4 is 4.74 Å². The predicted octanol–water partition coefficient (Wildman–Crippen LogP) is 4.45. The van der Waals surface area contributed by atoms with Gasteiger partial charge in [-0.25, -0.2) is 0 Å². The van der Waals surface area contributed by atoms with E-state index in [1.807, 2.05) is 30.3 Å². The van der Waals surface area contributed by atoms with Crippen molar-refractivity contribution in [2.75, 3.05) is 0 Å². The van der Waals surface area contributed by atoms with E-state index in [1.165, 1.54) is 24.3 Å². The molecule has 0 aromatic heterocycles. The van der Waals surface area contributed by atoms with E-state index >= 15 is 0 Å². The Hall–Kier alpha value is -2.76. The number of hydrogen-bond donors (Lipinski definition) is 1. The molecule has 0 saturated heterocycles. The van der Waals surface area contributed by atoms with Gasteiger partial charge in [0.15, 0.2) is 5.78 Å². The summed E-state index contributed by atoms with van der Waals surface area (Å²) in [4.78, 5) is 11.6. The van der Waals surface area contributed by atoms with Crippen molar-refractivity contribution in [2.24, 2.45) is 0 Å². The number of alkyl halides is 3. The average molecular weight is 322 g/mol. The third-order valence-corrected chi connectivity index (χ3v) is 2.95. The molecule has 0 aliphatic carbocycles. The second-order valence-electron chi connectivity index (χ2n) is 4.69. The Morgan fingerprint density at radius 2 is 1.65 bits per heavy atom. The van der Waals surface area contributed by atoms with Crippen molar-refractivity contribution >= 4 is 5.78 Å². The van der Waals surface area contributed by atoms with E-state index in [9.17, 15) is 18.0 Å². The molecule has 0 saturated carbocycles. The molecule has 0 atom stereocenters. The lowest BCUT2D eigenvalue weighted by Gasteiger charge is -2.07. The van der Waals surface area contributed by atoms with Crippen LogP contribution in [0, 0.1) is 0 Å². The van der Waals surface area contributed by atoms with Crippen LogP contribution in [0.5, 0.6) is 5.75 Å². The van der Waals surface area contributed by atoms with Gasteiger partial charge in [-0.15, -0.1) is 0 Å². The first-order chi connectivity index (χ1) is 10.9. The first-order valence-electron chi connectivity index (χ1n) is 6.65. The topological polar surface area (TPSA) is 46.5 Å². The van der Waals surface area contributed by atoms with Crippen LogP contribution >= 0.6 is 0 Å². The highest BCUT2D eigenvalue weighted by Crippen LogP contribution is 2.23. The highest BCUT2D eigenvalue weighted by Gasteiger charge is 2.34. The number of ether oxygens (including phenoxy) is 1. The van der Waals surface area contributed by atoms with Crippen LogP contribution in [0.4, 0.5) is 13.2 Å². The molecule has 2 aromatic rings. The van der Waals surface area contributed by atoms with E-state index in [-0.39, 0.29) is 11.6 Å². The number of aliphatic hydroxyl groups excluding tert-OH is 1. The third kappa shape index (κ3) is 4.88. The summed E-state index contributed by atoms with van der Waals surface area (Å²) in [5.74, 6) is -2.38. The summed E-state index contributed by atoms with van der Waals surface area (Å²) in [5.41, 5.74) is 0.985. The van der Waals surface area contributed by atoms with E-state index in [1.54, 1.807) is 0 Å². The van der Waals surface area contributed by atoms with E-state index in [4.69, 9.17) is 9.84 Å². The van der Waals surface area contributed by atoms with Crippen LogP contribution in [0.2, 0.25) is 0 Å². The molecular formula is C17H13F3O3. The molecule has 2 rings (SSSR count). The zero-order valence-electron chi connectivity index (χ0n) is 11.9. The van der Waals surface area contributed by atoms with Crippen molar-refractivity contribution in [3.8, 4) is 5.75 Å². The minimum Gasteiger partial charge on any atom is -0.504 e. The second-order valence-corrected chi connectivity index (χ2v) is 4.69. The number of allylic oxidation sites excluding steroid dienone is 2. The molecule has 0 fully saturated rings. The molecule has 6 heteroatoms. The van der Waals surface area contributed by atoms with Gasteiger partial charge in [-0.1, -0.05) is 30.3 Å². The maximum Gasteiger partial charge on any atom is 0.448 e. The van der Waals surface area contributed by atoms with Gasteiger partial charge in [0.1, 0.15) is 12.4 Å². The summed E-state index contributed by atoms with van der Waals surface area (Å²) in [5, 5.41) is 8.77. The molecule has 0 amide bonds. The fourth-order valence-corrected chi connectivity index (χ4v) is 1.75. The van der Waals surface area contributed by atoms with E-state index in [2.05, 4.69) is 0 Å². The number of rotatable bonds is 5. The number of carbonyl (C=O) groups excluding carboxylic acids is 1. The largest absolute Gasteiger partial charge is 0.504 e. The monoisotopic (exact) mass is 322 g/mol. The number of hydrogen-bond acceptors (Lipinski definition) is 3. The zero-order valence-corrected chi connectivity index (χ0v) is 11.9. The van der Waals surface area contributed by atoms with Gasteiger partial charge >= 0.3 is 6.18 Å². The normalized spacial score (nSPS) is 12.0. The molecule has 0 unspecified atom stereocenters. The lowest BCUT2D eigenvalue weighted by atomic mass is 10.1. The van der Waals surface area contributed by atoms with Crippen LogP contribution in [0.1, 0.15) is 15.9 Å². The van der Waals surface area contributed by atoms with E-state index in [0.717, 1.165) is 5.56 Å². The molecular weight excluding hydrogens is 309 g/mol. The Balaban J connectivity index is 2.00. The molecule has 0 bridgehead atoms. The quantitative estimate of drug-likeness (QED) is 0.502. The molecule has 0 spiro atoms. The summed E-state index contributed by atoms with van der Waals surface area (Å²) in [6.45, 7) is 0.336. The summed E-state index contributed by atoms with van der Waals surface area (Å²) in [6.07, 6.45) is -4.78. The summed E-state index contributed by atoms with van der Waals surface area (Å²) in [6, 6.07) is 15.0. The molecule has 0 aliphatic heterocycles. The van der Waals surface area contributed by atoms with Crippen molar-refractivity contribution in [3.05, 3.63) is 77.6 Å². The number of ketones is 1. The van der Waals surface area contributed by atoms with Gasteiger partial charge in [-0.2, -0.15) is 13.2 Å². The Bertz CT molecular complexity index is 689. The van der Waals surface area contributed by atoms with Crippen LogP contribution in [-0.4, -0.2) is 17.1 Å². The Morgan fingerprint density at radius 1 is 1.04 bits per heavy atom. The molecule has 0 radical (unpaired) electrons. The highest BCUT2D eigenvalue weighted by atomic mass is 19.4. The smallest absolute Gasteiger partial charge is 0.448 e. The van der Waals surface area contributed by atoms with Gasteiger partial charge < -0.3 is 9.84 Å². The lowest BCUT2D eigenvalue weighted by molar-refractivity contribution is -0.120. The van der Waals surface area contributed by atoms with E-state index in [0.29, 0.717) is 12.4 Å². The van der Waals surface area contributed by atoms with Gasteiger partial charge in [0, 0.05) is 11.6 Å². The summed E-state index contributed by atoms with van der Waals surface area (Å²) >= 11 is 0. The standard InChI is InChI=1S/C17H13F3O3/c18-17(19,20)16(22)10-15(21)13-6-8-14(9-7-13)23-11-12-4-2-1-3-5-12/h1-10,22H,11H2. The molecule has 23 heavy (non-hydrogen) atoms. The maximum absolute atomic E-state index is 12.2. The Kier molecular flexibility index (Phi) is 5.05. The van der Waals surface area contributed by atoms with Crippen LogP contribution in [0.15, 0.2) is 66.4 Å². The van der Waals surface area contributed by atoms with Crippen LogP contribution in [0.25, 0.3) is 0 Å². The molecule has 0 heterocycles. The highest BCUT2D eigenvalue weighted by molar-refractivity contribution is 6.04. The fourth-order valence-electron chi connectivity index (χ4n) is 1.75. The summed E-state index contributed by atoms with van der Waals surface area (Å²) < 4.78 is 42.0. The third-order valence-electron chi connectivity index (χ3n) is 2.95. The molecule has 3 nitrogen and oxygen atoms in total. The zero-order chi connectivity index (χ0) is 16.9. The summed E-state index contributed by atoms with van der Waals surface area (Å²) in [7, 11) is 0. The number of carbonyl (C=O) groups is 1. The SMILES string of the molecule is O=C(C=C(O)C(F)(F)F)c1ccc(OCc2ccccc2)cc1. The van der Waals surface area contributed by atoms with Crippen LogP contribution in [-0.2, 0) is 6.61 Å². The van der Waals surface area contributed by atoms with Crippen molar-refractivity contribution in [1.29, 1.82) is 0 Å². The van der Waals surface area contributed by atoms with Gasteiger partial charge in [0.2, 0.25) is 5.76 Å². The molecule has 2 aromatic carbocycles. The van der Waals surface area contributed by atoms with Gasteiger partial charge in [-0.3, -0.25) is 4.79 Å². The van der Waals surface area contributed by atoms with Crippen molar-refractivity contribution in [1.82, 2.24) is 0 Å². The lowest BCUT2D eigenvalue weighted by Crippen LogP contribution is -2.13. The minimum atomic E-state index is -4.94. The predicted molar refractivity (Wildman–Crippen MR) is 78.3 cm³/mol. The van der Waals surface area contributed by atoms with Gasteiger partial charge in [-0.05, 0) is 29.8 Å². The maximum atomic E-state index is 12.2. The van der Waals surface area contributed by atoms with Crippen molar-refractivity contribution in [3.63, 3.8) is 0 Å². The fraction of sp³-hybridized carbons (Fsp3) is 0.118. The van der Waals surface area contributed by atoms with Gasteiger partial charge in [0.25, 0.3) is 0 Å². The van der Waals surface area contributed by atoms with Crippen LogP contribution in [0.3, 0.4) is 0 Å². The van der Waals surface area contributed by atoms with Crippen molar-refractivity contribution in [2.45, 2.75) is 12.8 Å².